The van der Waals surface area contributed by atoms with Crippen molar-refractivity contribution in [3.63, 3.8) is 0 Å². The second-order valence-electron chi connectivity index (χ2n) is 5.51. The number of nitrogens with two attached hydrogens (primary N) is 1. The number of rotatable bonds is 3. The zero-order chi connectivity index (χ0) is 13.9. The van der Waals surface area contributed by atoms with Gasteiger partial charge in [-0.25, -0.2) is 4.98 Å². The molecule has 104 valence electrons. The second kappa shape index (κ2) is 5.63. The predicted octanol–water partition coefficient (Wildman–Crippen LogP) is 3.49. The first-order valence-electron chi connectivity index (χ1n) is 7.30. The maximum atomic E-state index is 5.62. The van der Waals surface area contributed by atoms with Crippen LogP contribution >= 0.6 is 0 Å². The van der Waals surface area contributed by atoms with Gasteiger partial charge >= 0.3 is 0 Å². The van der Waals surface area contributed by atoms with Gasteiger partial charge in [-0.3, -0.25) is 4.90 Å². The van der Waals surface area contributed by atoms with Crippen LogP contribution in [0.1, 0.15) is 31.4 Å². The van der Waals surface area contributed by atoms with Gasteiger partial charge in [0.15, 0.2) is 0 Å². The number of likely N-dealkylation sites (tertiary alicyclic amines) is 1. The Morgan fingerprint density at radius 3 is 2.25 bits per heavy atom. The van der Waals surface area contributed by atoms with Crippen LogP contribution < -0.4 is 5.73 Å². The third-order valence-corrected chi connectivity index (χ3v) is 4.20. The summed E-state index contributed by atoms with van der Waals surface area (Å²) in [6, 6.07) is 13.2. The molecule has 3 heteroatoms. The van der Waals surface area contributed by atoms with E-state index in [1.807, 2.05) is 18.3 Å². The Balaban J connectivity index is 1.78. The fraction of sp³-hybridized carbons (Fsp3) is 0.353. The highest BCUT2D eigenvalue weighted by molar-refractivity contribution is 5.63. The molecule has 2 heterocycles. The Morgan fingerprint density at radius 1 is 1.00 bits per heavy atom. The SMILES string of the molecule is C[C@H](c1ccc(-c2ccc(N)nc2)cc1)N1CCCC1. The van der Waals surface area contributed by atoms with Gasteiger partial charge in [-0.15, -0.1) is 0 Å². The molecule has 1 saturated heterocycles. The fourth-order valence-corrected chi connectivity index (χ4v) is 2.87. The average Bonchev–Trinajstić information content (AvgIpc) is 3.02. The van der Waals surface area contributed by atoms with Crippen LogP contribution in [0.3, 0.4) is 0 Å². The van der Waals surface area contributed by atoms with Gasteiger partial charge in [-0.2, -0.15) is 0 Å². The number of hydrogen-bond donors (Lipinski definition) is 1. The Kier molecular flexibility index (Phi) is 3.70. The number of nitrogens with zero attached hydrogens (tertiary/aromatic N) is 2. The van der Waals surface area contributed by atoms with E-state index in [-0.39, 0.29) is 0 Å². The standard InChI is InChI=1S/C17H21N3/c1-13(20-10-2-3-11-20)14-4-6-15(7-5-14)16-8-9-17(18)19-12-16/h4-9,12-13H,2-3,10-11H2,1H3,(H2,18,19)/t13-/m1/s1. The smallest absolute Gasteiger partial charge is 0.123 e. The molecule has 1 aliphatic rings. The normalized spacial score (nSPS) is 17.2. The fourth-order valence-electron chi connectivity index (χ4n) is 2.87. The van der Waals surface area contributed by atoms with Gasteiger partial charge in [0.25, 0.3) is 0 Å². The number of nitrogen functional groups attached to an aromatic ring is 1. The molecule has 1 fully saturated rings. The number of hydrogen-bond acceptors (Lipinski definition) is 3. The molecule has 1 atom stereocenters. The summed E-state index contributed by atoms with van der Waals surface area (Å²) in [7, 11) is 0. The van der Waals surface area contributed by atoms with Crippen molar-refractivity contribution in [2.24, 2.45) is 0 Å². The van der Waals surface area contributed by atoms with Crippen molar-refractivity contribution >= 4 is 5.82 Å². The minimum Gasteiger partial charge on any atom is -0.384 e. The maximum absolute atomic E-state index is 5.62. The van der Waals surface area contributed by atoms with Crippen LogP contribution in [0.2, 0.25) is 0 Å². The summed E-state index contributed by atoms with van der Waals surface area (Å²) in [5.41, 5.74) is 9.31. The molecule has 1 aliphatic heterocycles. The molecule has 0 spiro atoms. The van der Waals surface area contributed by atoms with Crippen LogP contribution in [0.5, 0.6) is 0 Å². The van der Waals surface area contributed by atoms with E-state index < -0.39 is 0 Å². The van der Waals surface area contributed by atoms with Crippen molar-refractivity contribution in [1.82, 2.24) is 9.88 Å². The topological polar surface area (TPSA) is 42.1 Å². The molecule has 1 aromatic carbocycles. The van der Waals surface area contributed by atoms with Crippen molar-refractivity contribution in [2.75, 3.05) is 18.8 Å². The predicted molar refractivity (Wildman–Crippen MR) is 83.3 cm³/mol. The minimum absolute atomic E-state index is 0.510. The van der Waals surface area contributed by atoms with Crippen LogP contribution in [0.15, 0.2) is 42.6 Å². The number of anilines is 1. The highest BCUT2D eigenvalue weighted by atomic mass is 15.2. The summed E-state index contributed by atoms with van der Waals surface area (Å²) in [5, 5.41) is 0. The van der Waals surface area contributed by atoms with Gasteiger partial charge in [0.05, 0.1) is 0 Å². The van der Waals surface area contributed by atoms with Crippen molar-refractivity contribution in [2.45, 2.75) is 25.8 Å². The highest BCUT2D eigenvalue weighted by Gasteiger charge is 2.19. The van der Waals surface area contributed by atoms with Crippen molar-refractivity contribution in [1.29, 1.82) is 0 Å². The first kappa shape index (κ1) is 13.1. The minimum atomic E-state index is 0.510. The number of benzene rings is 1. The van der Waals surface area contributed by atoms with Crippen LogP contribution in [-0.4, -0.2) is 23.0 Å². The van der Waals surface area contributed by atoms with E-state index >= 15 is 0 Å². The molecule has 0 saturated carbocycles. The molecule has 1 aromatic heterocycles. The van der Waals surface area contributed by atoms with Gasteiger partial charge in [0, 0.05) is 17.8 Å². The van der Waals surface area contributed by atoms with Crippen molar-refractivity contribution in [3.8, 4) is 11.1 Å². The Bertz CT molecular complexity index is 554. The lowest BCUT2D eigenvalue weighted by Gasteiger charge is -2.24. The van der Waals surface area contributed by atoms with Gasteiger partial charge in [0.1, 0.15) is 5.82 Å². The van der Waals surface area contributed by atoms with Crippen LogP contribution in [0, 0.1) is 0 Å². The molecule has 0 amide bonds. The van der Waals surface area contributed by atoms with Crippen molar-refractivity contribution < 1.29 is 0 Å². The summed E-state index contributed by atoms with van der Waals surface area (Å²) < 4.78 is 0. The molecular formula is C17H21N3. The summed E-state index contributed by atoms with van der Waals surface area (Å²) >= 11 is 0. The van der Waals surface area contributed by atoms with E-state index in [1.54, 1.807) is 0 Å². The summed E-state index contributed by atoms with van der Waals surface area (Å²) in [4.78, 5) is 6.70. The molecule has 0 unspecified atom stereocenters. The average molecular weight is 267 g/mol. The zero-order valence-electron chi connectivity index (χ0n) is 11.9. The lowest BCUT2D eigenvalue weighted by molar-refractivity contribution is 0.263. The van der Waals surface area contributed by atoms with Gasteiger partial charge in [-0.05, 0) is 56.1 Å². The van der Waals surface area contributed by atoms with E-state index in [0.29, 0.717) is 11.9 Å². The third kappa shape index (κ3) is 2.68. The lowest BCUT2D eigenvalue weighted by Crippen LogP contribution is -2.23. The van der Waals surface area contributed by atoms with Gasteiger partial charge < -0.3 is 5.73 Å². The van der Waals surface area contributed by atoms with E-state index in [0.717, 1.165) is 5.56 Å². The van der Waals surface area contributed by atoms with E-state index in [9.17, 15) is 0 Å². The molecule has 3 nitrogen and oxygen atoms in total. The van der Waals surface area contributed by atoms with Gasteiger partial charge in [-0.1, -0.05) is 24.3 Å². The number of aromatic nitrogens is 1. The summed E-state index contributed by atoms with van der Waals surface area (Å²) in [5.74, 6) is 0.563. The molecular weight excluding hydrogens is 246 g/mol. The van der Waals surface area contributed by atoms with Crippen LogP contribution in [0.4, 0.5) is 5.82 Å². The molecule has 0 radical (unpaired) electrons. The molecule has 3 rings (SSSR count). The number of pyridine rings is 1. The first-order chi connectivity index (χ1) is 9.74. The molecule has 0 aliphatic carbocycles. The van der Waals surface area contributed by atoms with Crippen LogP contribution in [-0.2, 0) is 0 Å². The third-order valence-electron chi connectivity index (χ3n) is 4.20. The molecule has 2 N–H and O–H groups in total. The Hall–Kier alpha value is -1.87. The molecule has 20 heavy (non-hydrogen) atoms. The lowest BCUT2D eigenvalue weighted by atomic mass is 10.0. The summed E-state index contributed by atoms with van der Waals surface area (Å²) in [6.07, 6.45) is 4.49. The Morgan fingerprint density at radius 2 is 1.65 bits per heavy atom. The highest BCUT2D eigenvalue weighted by Crippen LogP contribution is 2.27. The monoisotopic (exact) mass is 267 g/mol. The quantitative estimate of drug-likeness (QED) is 0.925. The van der Waals surface area contributed by atoms with Gasteiger partial charge in [0.2, 0.25) is 0 Å². The molecule has 2 aromatic rings. The van der Waals surface area contributed by atoms with E-state index in [1.165, 1.54) is 37.1 Å². The van der Waals surface area contributed by atoms with Crippen molar-refractivity contribution in [3.05, 3.63) is 48.2 Å². The van der Waals surface area contributed by atoms with E-state index in [2.05, 4.69) is 41.1 Å². The second-order valence-corrected chi connectivity index (χ2v) is 5.51. The molecule has 0 bridgehead atoms. The first-order valence-corrected chi connectivity index (χ1v) is 7.30. The van der Waals surface area contributed by atoms with Crippen LogP contribution in [0.25, 0.3) is 11.1 Å². The largest absolute Gasteiger partial charge is 0.384 e. The summed E-state index contributed by atoms with van der Waals surface area (Å²) in [6.45, 7) is 4.75. The maximum Gasteiger partial charge on any atom is 0.123 e. The van der Waals surface area contributed by atoms with E-state index in [4.69, 9.17) is 5.73 Å². The zero-order valence-corrected chi connectivity index (χ0v) is 11.9. The Labute approximate surface area is 120 Å².